The number of amides is 1. The molecule has 3 rings (SSSR count). The van der Waals surface area contributed by atoms with Crippen molar-refractivity contribution in [2.24, 2.45) is 0 Å². The Morgan fingerprint density at radius 1 is 1.41 bits per heavy atom. The van der Waals surface area contributed by atoms with Crippen LogP contribution in [0.2, 0.25) is 5.02 Å². The molecule has 1 aromatic carbocycles. The Morgan fingerprint density at radius 3 is 2.85 bits per heavy atom. The number of alkyl halides is 1. The van der Waals surface area contributed by atoms with Crippen molar-refractivity contribution in [3.63, 3.8) is 0 Å². The number of carbonyl (C=O) groups is 1. The molecule has 1 fully saturated rings. The van der Waals surface area contributed by atoms with E-state index in [0.717, 1.165) is 23.8 Å². The van der Waals surface area contributed by atoms with Crippen LogP contribution in [-0.4, -0.2) is 46.0 Å². The molecule has 0 bridgehead atoms. The Balaban J connectivity index is 1.89. The third kappa shape index (κ3) is 4.99. The molecule has 27 heavy (non-hydrogen) atoms. The highest BCUT2D eigenvalue weighted by molar-refractivity contribution is 6.31. The van der Waals surface area contributed by atoms with Gasteiger partial charge in [-0.3, -0.25) is 4.79 Å². The molecule has 1 aromatic heterocycles. The summed E-state index contributed by atoms with van der Waals surface area (Å²) in [7, 11) is 0. The number of nitrogens with zero attached hydrogens (tertiary/aromatic N) is 3. The van der Waals surface area contributed by atoms with E-state index in [9.17, 15) is 9.18 Å². The smallest absolute Gasteiger partial charge is 0.253 e. The zero-order valence-corrected chi connectivity index (χ0v) is 15.1. The van der Waals surface area contributed by atoms with Crippen LogP contribution in [0.1, 0.15) is 42.7 Å². The molecule has 1 saturated heterocycles. The van der Waals surface area contributed by atoms with E-state index < -0.39 is 54.7 Å². The Bertz CT molecular complexity index is 1060. The summed E-state index contributed by atoms with van der Waals surface area (Å²) in [5.74, 6) is -1.72. The summed E-state index contributed by atoms with van der Waals surface area (Å²) < 4.78 is 78.9. The van der Waals surface area contributed by atoms with Crippen molar-refractivity contribution in [2.45, 2.75) is 31.9 Å². The number of likely N-dealkylation sites (tertiary alicyclic amines) is 1. The van der Waals surface area contributed by atoms with E-state index in [1.165, 1.54) is 12.4 Å². The second kappa shape index (κ2) is 8.27. The van der Waals surface area contributed by atoms with Crippen molar-refractivity contribution in [1.82, 2.24) is 20.2 Å². The third-order valence-corrected chi connectivity index (χ3v) is 4.09. The molecule has 2 aromatic rings. The number of aryl methyl sites for hydroxylation is 1. The first-order valence-corrected chi connectivity index (χ1v) is 8.46. The van der Waals surface area contributed by atoms with E-state index in [2.05, 4.69) is 15.3 Å². The number of hydrogen-bond acceptors (Lipinski definition) is 4. The molecule has 1 unspecified atom stereocenters. The fraction of sp³-hybridized carbons (Fsp3) is 0.421. The predicted octanol–water partition coefficient (Wildman–Crippen LogP) is 3.31. The second-order valence-corrected chi connectivity index (χ2v) is 6.42. The summed E-state index contributed by atoms with van der Waals surface area (Å²) in [6, 6.07) is 2.79. The van der Waals surface area contributed by atoms with E-state index in [4.69, 9.17) is 19.8 Å². The minimum Gasteiger partial charge on any atom is -0.338 e. The fourth-order valence-corrected chi connectivity index (χ4v) is 2.50. The molecular formula is C19H21ClF2N4O. The van der Waals surface area contributed by atoms with Gasteiger partial charge in [-0.1, -0.05) is 11.6 Å². The van der Waals surface area contributed by atoms with Crippen molar-refractivity contribution in [3.05, 3.63) is 58.4 Å². The molecule has 0 saturated carbocycles. The van der Waals surface area contributed by atoms with Gasteiger partial charge < -0.3 is 10.2 Å². The summed E-state index contributed by atoms with van der Waals surface area (Å²) in [6.07, 6.45) is -3.43. The SMILES string of the molecule is [2H]C1([2H])CN(C(=O)c2ccc(F)c(Cl)c2)C([2H])([2H])C([2H])([2H])C1(F)CNCc1ncc(C)cn1. The van der Waals surface area contributed by atoms with Crippen molar-refractivity contribution in [2.75, 3.05) is 19.6 Å². The molecule has 0 spiro atoms. The maximum absolute atomic E-state index is 16.0. The molecule has 0 aliphatic carbocycles. The highest BCUT2D eigenvalue weighted by atomic mass is 35.5. The normalized spacial score (nSPS) is 28.8. The van der Waals surface area contributed by atoms with Crippen LogP contribution >= 0.6 is 11.6 Å². The fourth-order valence-electron chi connectivity index (χ4n) is 2.32. The van der Waals surface area contributed by atoms with Crippen molar-refractivity contribution < 1.29 is 21.8 Å². The molecule has 1 N–H and O–H groups in total. The van der Waals surface area contributed by atoms with Crippen molar-refractivity contribution in [3.8, 4) is 0 Å². The van der Waals surface area contributed by atoms with E-state index in [1.807, 2.05) is 0 Å². The number of hydrogen-bond donors (Lipinski definition) is 1. The van der Waals surface area contributed by atoms with Gasteiger partial charge in [-0.05, 0) is 30.7 Å². The molecule has 144 valence electrons. The molecule has 0 radical (unpaired) electrons. The van der Waals surface area contributed by atoms with Crippen LogP contribution in [0, 0.1) is 12.7 Å². The zero-order valence-electron chi connectivity index (χ0n) is 20.4. The molecule has 1 amide bonds. The average Bonchev–Trinajstić information content (AvgIpc) is 2.73. The quantitative estimate of drug-likeness (QED) is 0.836. The Kier molecular flexibility index (Phi) is 4.02. The van der Waals surface area contributed by atoms with Gasteiger partial charge >= 0.3 is 0 Å². The summed E-state index contributed by atoms with van der Waals surface area (Å²) in [4.78, 5) is 21.2. The van der Waals surface area contributed by atoms with E-state index >= 15 is 4.39 Å². The largest absolute Gasteiger partial charge is 0.338 e. The lowest BCUT2D eigenvalue weighted by Crippen LogP contribution is -2.48. The van der Waals surface area contributed by atoms with Crippen LogP contribution in [0.25, 0.3) is 0 Å². The van der Waals surface area contributed by atoms with E-state index in [0.29, 0.717) is 0 Å². The molecular weight excluding hydrogens is 374 g/mol. The van der Waals surface area contributed by atoms with E-state index in [-0.39, 0.29) is 22.8 Å². The van der Waals surface area contributed by atoms with Crippen molar-refractivity contribution >= 4 is 17.5 Å². The van der Waals surface area contributed by atoms with Crippen LogP contribution in [0.5, 0.6) is 0 Å². The lowest BCUT2D eigenvalue weighted by Gasteiger charge is -2.36. The molecule has 1 atom stereocenters. The van der Waals surface area contributed by atoms with Gasteiger partial charge in [0.2, 0.25) is 0 Å². The number of carbonyl (C=O) groups excluding carboxylic acids is 1. The highest BCUT2D eigenvalue weighted by Gasteiger charge is 2.36. The number of aromatic nitrogens is 2. The first kappa shape index (κ1) is 13.1. The third-order valence-electron chi connectivity index (χ3n) is 3.80. The van der Waals surface area contributed by atoms with Crippen molar-refractivity contribution in [1.29, 1.82) is 0 Å². The molecule has 8 heteroatoms. The topological polar surface area (TPSA) is 58.1 Å². The van der Waals surface area contributed by atoms with Crippen LogP contribution in [0.15, 0.2) is 30.6 Å². The highest BCUT2D eigenvalue weighted by Crippen LogP contribution is 2.27. The number of benzene rings is 1. The Labute approximate surface area is 170 Å². The first-order valence-electron chi connectivity index (χ1n) is 11.1. The molecule has 1 aliphatic heterocycles. The van der Waals surface area contributed by atoms with Crippen LogP contribution < -0.4 is 5.32 Å². The average molecular weight is 401 g/mol. The van der Waals surface area contributed by atoms with Gasteiger partial charge in [-0.2, -0.15) is 0 Å². The number of rotatable bonds is 5. The number of nitrogens with one attached hydrogen (secondary N) is 1. The van der Waals surface area contributed by atoms with Crippen LogP contribution in [0.4, 0.5) is 8.78 Å². The van der Waals surface area contributed by atoms with Gasteiger partial charge in [-0.15, -0.1) is 0 Å². The summed E-state index contributed by atoms with van der Waals surface area (Å²) in [5.41, 5.74) is -2.87. The molecule has 5 nitrogen and oxygen atoms in total. The summed E-state index contributed by atoms with van der Waals surface area (Å²) in [5, 5.41) is 2.14. The Morgan fingerprint density at radius 2 is 2.15 bits per heavy atom. The minimum absolute atomic E-state index is 0.113. The molecule has 2 heterocycles. The number of piperidine rings is 1. The maximum atomic E-state index is 16.0. The van der Waals surface area contributed by atoms with Gasteiger partial charge in [-0.25, -0.2) is 18.7 Å². The monoisotopic (exact) mass is 400 g/mol. The van der Waals surface area contributed by atoms with Crippen LogP contribution in [-0.2, 0) is 6.54 Å². The first-order chi connectivity index (χ1) is 15.1. The molecule has 1 aliphatic rings. The zero-order chi connectivity index (χ0) is 24.8. The minimum atomic E-state index is -3.48. The summed E-state index contributed by atoms with van der Waals surface area (Å²) >= 11 is 5.68. The number of halogens is 3. The Hall–Kier alpha value is -2.12. The standard InChI is InChI=1S/C19H21ClF2N4O/c1-13-9-24-17(25-10-13)11-23-12-19(22)4-6-26(7-5-19)18(27)14-2-3-16(21)15(20)8-14/h2-3,8-10,23H,4-7,11-12H2,1H3/i4D2,5D2,6D2. The van der Waals surface area contributed by atoms with Gasteiger partial charge in [0.25, 0.3) is 5.91 Å². The lowest BCUT2D eigenvalue weighted by atomic mass is 9.92. The van der Waals surface area contributed by atoms with Crippen LogP contribution in [0.3, 0.4) is 0 Å². The maximum Gasteiger partial charge on any atom is 0.253 e. The van der Waals surface area contributed by atoms with E-state index in [1.54, 1.807) is 6.92 Å². The second-order valence-electron chi connectivity index (χ2n) is 6.02. The van der Waals surface area contributed by atoms with Gasteiger partial charge in [0.1, 0.15) is 17.3 Å². The summed E-state index contributed by atoms with van der Waals surface area (Å²) in [6.45, 7) is -3.60. The lowest BCUT2D eigenvalue weighted by molar-refractivity contribution is 0.0434. The predicted molar refractivity (Wildman–Crippen MR) is 98.9 cm³/mol. The van der Waals surface area contributed by atoms with Gasteiger partial charge in [0.05, 0.1) is 11.6 Å². The van der Waals surface area contributed by atoms with Gasteiger partial charge in [0, 0.05) is 58.5 Å². The van der Waals surface area contributed by atoms with Gasteiger partial charge in [0.15, 0.2) is 0 Å².